The minimum absolute atomic E-state index is 0.0431. The van der Waals surface area contributed by atoms with Gasteiger partial charge < -0.3 is 14.7 Å². The molecule has 1 N–H and O–H groups in total. The molecule has 1 amide bonds. The van der Waals surface area contributed by atoms with Gasteiger partial charge in [-0.3, -0.25) is 4.79 Å². The molecule has 0 spiro atoms. The van der Waals surface area contributed by atoms with Crippen molar-refractivity contribution in [1.29, 1.82) is 0 Å². The van der Waals surface area contributed by atoms with Crippen molar-refractivity contribution in [2.45, 2.75) is 24.9 Å². The molecule has 1 fully saturated rings. The van der Waals surface area contributed by atoms with E-state index in [2.05, 4.69) is 0 Å². The van der Waals surface area contributed by atoms with Crippen LogP contribution in [0.25, 0.3) is 0 Å². The Morgan fingerprint density at radius 3 is 2.60 bits per heavy atom. The summed E-state index contributed by atoms with van der Waals surface area (Å²) in [6, 6.07) is 15.6. The first-order valence-electron chi connectivity index (χ1n) is 8.47. The number of aryl methyl sites for hydroxylation is 1. The second kappa shape index (κ2) is 7.66. The molecule has 0 unspecified atom stereocenters. The van der Waals surface area contributed by atoms with Crippen molar-refractivity contribution in [2.75, 3.05) is 19.7 Å². The highest BCUT2D eigenvalue weighted by Gasteiger charge is 2.38. The van der Waals surface area contributed by atoms with Crippen LogP contribution in [0.2, 0.25) is 0 Å². The van der Waals surface area contributed by atoms with Crippen molar-refractivity contribution >= 4 is 5.91 Å². The van der Waals surface area contributed by atoms with E-state index in [4.69, 9.17) is 4.74 Å². The zero-order valence-corrected chi connectivity index (χ0v) is 14.0. The molecule has 2 aromatic carbocycles. The topological polar surface area (TPSA) is 49.8 Å². The van der Waals surface area contributed by atoms with Gasteiger partial charge in [0.2, 0.25) is 5.91 Å². The lowest BCUT2D eigenvalue weighted by Gasteiger charge is -2.23. The monoisotopic (exact) mass is 343 g/mol. The van der Waals surface area contributed by atoms with Crippen LogP contribution in [0.5, 0.6) is 5.75 Å². The molecule has 132 valence electrons. The number of halogens is 1. The van der Waals surface area contributed by atoms with Gasteiger partial charge in [-0.05, 0) is 42.7 Å². The quantitative estimate of drug-likeness (QED) is 0.877. The molecule has 1 heterocycles. The first-order chi connectivity index (χ1) is 12.0. The summed E-state index contributed by atoms with van der Waals surface area (Å²) in [5.41, 5.74) is 0.0708. The van der Waals surface area contributed by atoms with E-state index in [1.165, 1.54) is 24.3 Å². The van der Waals surface area contributed by atoms with E-state index in [-0.39, 0.29) is 24.9 Å². The smallest absolute Gasteiger partial charge is 0.223 e. The Kier molecular flexibility index (Phi) is 5.34. The van der Waals surface area contributed by atoms with Gasteiger partial charge in [0.25, 0.3) is 0 Å². The van der Waals surface area contributed by atoms with Crippen molar-refractivity contribution in [1.82, 2.24) is 4.90 Å². The number of carbonyl (C=O) groups excluding carboxylic acids is 1. The molecule has 4 nitrogen and oxygen atoms in total. The number of rotatable bonds is 6. The maximum Gasteiger partial charge on any atom is 0.223 e. The van der Waals surface area contributed by atoms with E-state index in [0.717, 1.165) is 5.56 Å². The van der Waals surface area contributed by atoms with Crippen LogP contribution in [0, 0.1) is 5.82 Å². The van der Waals surface area contributed by atoms with Gasteiger partial charge in [0.05, 0.1) is 6.54 Å². The lowest BCUT2D eigenvalue weighted by atomic mass is 10.1. The number of hydrogen-bond acceptors (Lipinski definition) is 3. The molecule has 1 aliphatic rings. The van der Waals surface area contributed by atoms with Gasteiger partial charge in [-0.15, -0.1) is 0 Å². The molecule has 0 aliphatic carbocycles. The van der Waals surface area contributed by atoms with Crippen LogP contribution < -0.4 is 4.74 Å². The lowest BCUT2D eigenvalue weighted by Crippen LogP contribution is -2.40. The largest absolute Gasteiger partial charge is 0.491 e. The average molecular weight is 343 g/mol. The molecule has 1 saturated heterocycles. The highest BCUT2D eigenvalue weighted by atomic mass is 19.1. The maximum absolute atomic E-state index is 12.9. The molecule has 2 aromatic rings. The van der Waals surface area contributed by atoms with E-state index < -0.39 is 5.60 Å². The van der Waals surface area contributed by atoms with Crippen molar-refractivity contribution < 1.29 is 19.0 Å². The van der Waals surface area contributed by atoms with Crippen LogP contribution in [0.4, 0.5) is 4.39 Å². The molecule has 0 bridgehead atoms. The fraction of sp³-hybridized carbons (Fsp3) is 0.350. The van der Waals surface area contributed by atoms with Gasteiger partial charge in [0, 0.05) is 13.0 Å². The number of amides is 1. The van der Waals surface area contributed by atoms with Crippen molar-refractivity contribution in [3.8, 4) is 5.75 Å². The van der Waals surface area contributed by atoms with E-state index in [9.17, 15) is 14.3 Å². The molecule has 0 radical (unpaired) electrons. The molecule has 1 atom stereocenters. The number of likely N-dealkylation sites (tertiary alicyclic amines) is 1. The predicted octanol–water partition coefficient (Wildman–Crippen LogP) is 2.80. The van der Waals surface area contributed by atoms with Crippen LogP contribution in [-0.4, -0.2) is 41.2 Å². The summed E-state index contributed by atoms with van der Waals surface area (Å²) < 4.78 is 18.4. The van der Waals surface area contributed by atoms with Crippen molar-refractivity contribution in [2.24, 2.45) is 0 Å². The van der Waals surface area contributed by atoms with Crippen LogP contribution in [0.1, 0.15) is 18.4 Å². The van der Waals surface area contributed by atoms with Crippen molar-refractivity contribution in [3.05, 3.63) is 66.0 Å². The highest BCUT2D eigenvalue weighted by molar-refractivity contribution is 5.77. The minimum atomic E-state index is -1.06. The molecule has 25 heavy (non-hydrogen) atoms. The summed E-state index contributed by atoms with van der Waals surface area (Å²) in [6.07, 6.45) is 1.60. The van der Waals surface area contributed by atoms with Crippen LogP contribution >= 0.6 is 0 Å². The van der Waals surface area contributed by atoms with Gasteiger partial charge >= 0.3 is 0 Å². The van der Waals surface area contributed by atoms with E-state index in [0.29, 0.717) is 31.6 Å². The van der Waals surface area contributed by atoms with Crippen molar-refractivity contribution in [3.63, 3.8) is 0 Å². The van der Waals surface area contributed by atoms with Gasteiger partial charge in [0.15, 0.2) is 0 Å². The highest BCUT2D eigenvalue weighted by Crippen LogP contribution is 2.24. The fourth-order valence-electron chi connectivity index (χ4n) is 2.99. The summed E-state index contributed by atoms with van der Waals surface area (Å²) in [6.45, 7) is 0.875. The summed E-state index contributed by atoms with van der Waals surface area (Å²) in [5.74, 6) is 0.215. The van der Waals surface area contributed by atoms with Gasteiger partial charge in [-0.2, -0.15) is 0 Å². The normalized spacial score (nSPS) is 19.8. The van der Waals surface area contributed by atoms with E-state index in [1.807, 2.05) is 30.3 Å². The standard InChI is InChI=1S/C20H22FNO3/c21-17-7-9-18(10-8-17)25-15-20(24)12-13-22(14-20)19(23)11-6-16-4-2-1-3-5-16/h1-5,7-10,24H,6,11-15H2/t20-/m1/s1. The predicted molar refractivity (Wildman–Crippen MR) is 92.8 cm³/mol. The van der Waals surface area contributed by atoms with Gasteiger partial charge in [-0.1, -0.05) is 30.3 Å². The Balaban J connectivity index is 1.48. The molecule has 1 aliphatic heterocycles. The zero-order chi connectivity index (χ0) is 17.7. The van der Waals surface area contributed by atoms with Crippen LogP contribution in [-0.2, 0) is 11.2 Å². The number of aliphatic hydroxyl groups is 1. The molecular formula is C20H22FNO3. The molecule has 5 heteroatoms. The minimum Gasteiger partial charge on any atom is -0.491 e. The Labute approximate surface area is 146 Å². The second-order valence-electron chi connectivity index (χ2n) is 6.52. The Hall–Kier alpha value is -2.40. The molecule has 0 saturated carbocycles. The summed E-state index contributed by atoms with van der Waals surface area (Å²) >= 11 is 0. The van der Waals surface area contributed by atoms with E-state index >= 15 is 0 Å². The third kappa shape index (κ3) is 4.79. The van der Waals surface area contributed by atoms with Gasteiger partial charge in [0.1, 0.15) is 23.8 Å². The fourth-order valence-corrected chi connectivity index (χ4v) is 2.99. The number of hydrogen-bond donors (Lipinski definition) is 1. The van der Waals surface area contributed by atoms with Crippen LogP contribution in [0.3, 0.4) is 0 Å². The number of nitrogens with zero attached hydrogens (tertiary/aromatic N) is 1. The first-order valence-corrected chi connectivity index (χ1v) is 8.47. The molecular weight excluding hydrogens is 321 g/mol. The van der Waals surface area contributed by atoms with E-state index in [1.54, 1.807) is 4.90 Å². The Morgan fingerprint density at radius 1 is 1.16 bits per heavy atom. The summed E-state index contributed by atoms with van der Waals surface area (Å²) in [4.78, 5) is 14.0. The Bertz CT molecular complexity index is 705. The molecule has 3 rings (SSSR count). The number of ether oxygens (including phenoxy) is 1. The van der Waals surface area contributed by atoms with Crippen LogP contribution in [0.15, 0.2) is 54.6 Å². The average Bonchev–Trinajstić information content (AvgIpc) is 3.03. The lowest BCUT2D eigenvalue weighted by molar-refractivity contribution is -0.131. The zero-order valence-electron chi connectivity index (χ0n) is 14.0. The maximum atomic E-state index is 12.9. The Morgan fingerprint density at radius 2 is 1.88 bits per heavy atom. The third-order valence-electron chi connectivity index (χ3n) is 4.48. The third-order valence-corrected chi connectivity index (χ3v) is 4.48. The number of β-amino-alcohol motifs (C(OH)–C–C–N with tert-alkyl or cyclic N) is 1. The number of carbonyl (C=O) groups is 1. The van der Waals surface area contributed by atoms with Gasteiger partial charge in [-0.25, -0.2) is 4.39 Å². The molecule has 0 aromatic heterocycles. The summed E-state index contributed by atoms with van der Waals surface area (Å²) in [5, 5.41) is 10.6. The SMILES string of the molecule is O=C(CCc1ccccc1)N1CC[C@](O)(COc2ccc(F)cc2)C1. The first kappa shape index (κ1) is 17.4. The number of benzene rings is 2. The second-order valence-corrected chi connectivity index (χ2v) is 6.52. The summed E-state index contributed by atoms with van der Waals surface area (Å²) in [7, 11) is 0.